The fourth-order valence-corrected chi connectivity index (χ4v) is 1.72. The first kappa shape index (κ1) is 11.3. The molecule has 0 aliphatic carbocycles. The van der Waals surface area contributed by atoms with Crippen molar-refractivity contribution in [1.82, 2.24) is 0 Å². The second-order valence-electron chi connectivity index (χ2n) is 3.37. The van der Waals surface area contributed by atoms with Crippen LogP contribution in [0.2, 0.25) is 0 Å². The minimum atomic E-state index is -1.25. The summed E-state index contributed by atoms with van der Waals surface area (Å²) in [7, 11) is 1.55. The van der Waals surface area contributed by atoms with Gasteiger partial charge in [-0.1, -0.05) is 0 Å². The molecule has 0 saturated carbocycles. The fraction of sp³-hybridized carbons (Fsp3) is 0.889. The topological polar surface area (TPSA) is 65.0 Å². The zero-order valence-corrected chi connectivity index (χ0v) is 8.43. The number of hydrogen-bond acceptors (Lipinski definition) is 4. The summed E-state index contributed by atoms with van der Waals surface area (Å²) in [6.07, 6.45) is -0.209. The maximum absolute atomic E-state index is 10.3. The Labute approximate surface area is 82.9 Å². The highest BCUT2D eigenvalue weighted by molar-refractivity contribution is 5.57. The average Bonchev–Trinajstić information content (AvgIpc) is 2.16. The molecule has 1 N–H and O–H groups in total. The molecule has 5 nitrogen and oxygen atoms in total. The summed E-state index contributed by atoms with van der Waals surface area (Å²) in [6.45, 7) is 2.38. The van der Waals surface area contributed by atoms with E-state index >= 15 is 0 Å². The molecule has 0 aromatic heterocycles. The molecule has 0 bridgehead atoms. The Balaban J connectivity index is 2.49. The van der Waals surface area contributed by atoms with Crippen LogP contribution in [0.5, 0.6) is 0 Å². The van der Waals surface area contributed by atoms with E-state index in [1.807, 2.05) is 0 Å². The Hall–Kier alpha value is -0.810. The number of rotatable bonds is 3. The summed E-state index contributed by atoms with van der Waals surface area (Å²) in [5.74, 6) is -0.00940. The zero-order chi connectivity index (χ0) is 10.6. The van der Waals surface area contributed by atoms with E-state index in [0.29, 0.717) is 6.61 Å². The average molecular weight is 204 g/mol. The second-order valence-corrected chi connectivity index (χ2v) is 3.37. The lowest BCUT2D eigenvalue weighted by atomic mass is 9.95. The summed E-state index contributed by atoms with van der Waals surface area (Å²) in [6, 6.07) is 0. The number of carbonyl (C=O) groups is 1. The summed E-state index contributed by atoms with van der Waals surface area (Å²) in [5.41, 5.74) is 0. The summed E-state index contributed by atoms with van der Waals surface area (Å²) in [4.78, 5) is 10.3. The second kappa shape index (κ2) is 5.17. The molecule has 14 heavy (non-hydrogen) atoms. The van der Waals surface area contributed by atoms with Gasteiger partial charge in [0, 0.05) is 19.6 Å². The Bertz CT molecular complexity index is 194. The molecule has 0 aromatic carbocycles. The molecule has 5 heteroatoms. The van der Waals surface area contributed by atoms with Crippen LogP contribution in [0.4, 0.5) is 4.79 Å². The van der Waals surface area contributed by atoms with Crippen LogP contribution in [0, 0.1) is 5.92 Å². The van der Waals surface area contributed by atoms with Crippen molar-refractivity contribution in [2.75, 3.05) is 13.7 Å². The zero-order valence-electron chi connectivity index (χ0n) is 8.43. The Morgan fingerprint density at radius 1 is 1.64 bits per heavy atom. The van der Waals surface area contributed by atoms with Gasteiger partial charge >= 0.3 is 6.16 Å². The predicted octanol–water partition coefficient (Wildman–Crippen LogP) is 1.47. The molecule has 1 rings (SSSR count). The third kappa shape index (κ3) is 2.85. The van der Waals surface area contributed by atoms with Crippen LogP contribution in [-0.4, -0.2) is 37.4 Å². The highest BCUT2D eigenvalue weighted by Crippen LogP contribution is 2.26. The number of hydrogen-bond donors (Lipinski definition) is 1. The van der Waals surface area contributed by atoms with E-state index in [1.54, 1.807) is 14.0 Å². The van der Waals surface area contributed by atoms with E-state index in [2.05, 4.69) is 4.74 Å². The molecule has 3 unspecified atom stereocenters. The van der Waals surface area contributed by atoms with Crippen LogP contribution in [0.15, 0.2) is 0 Å². The van der Waals surface area contributed by atoms with Crippen molar-refractivity contribution in [3.05, 3.63) is 0 Å². The number of ether oxygens (including phenoxy) is 3. The predicted molar refractivity (Wildman–Crippen MR) is 48.0 cm³/mol. The van der Waals surface area contributed by atoms with E-state index in [-0.39, 0.29) is 12.2 Å². The Morgan fingerprint density at radius 3 is 2.93 bits per heavy atom. The van der Waals surface area contributed by atoms with Gasteiger partial charge in [-0.3, -0.25) is 0 Å². The van der Waals surface area contributed by atoms with Crippen LogP contribution in [0.3, 0.4) is 0 Å². The van der Waals surface area contributed by atoms with Crippen molar-refractivity contribution in [2.24, 2.45) is 5.92 Å². The lowest BCUT2D eigenvalue weighted by Crippen LogP contribution is -2.39. The van der Waals surface area contributed by atoms with E-state index < -0.39 is 12.3 Å². The third-order valence-electron chi connectivity index (χ3n) is 2.44. The quantitative estimate of drug-likeness (QED) is 0.705. The normalized spacial score (nSPS) is 29.6. The smallest absolute Gasteiger partial charge is 0.450 e. The molecule has 82 valence electrons. The molecule has 1 heterocycles. The van der Waals surface area contributed by atoms with Gasteiger partial charge < -0.3 is 19.3 Å². The lowest BCUT2D eigenvalue weighted by Gasteiger charge is -2.33. The first-order valence-electron chi connectivity index (χ1n) is 4.69. The van der Waals surface area contributed by atoms with Crippen molar-refractivity contribution >= 4 is 6.16 Å². The summed E-state index contributed by atoms with van der Waals surface area (Å²) in [5, 5.41) is 8.47. The monoisotopic (exact) mass is 204 g/mol. The van der Waals surface area contributed by atoms with Gasteiger partial charge in [-0.15, -0.1) is 0 Å². The van der Waals surface area contributed by atoms with Crippen molar-refractivity contribution in [1.29, 1.82) is 0 Å². The lowest BCUT2D eigenvalue weighted by molar-refractivity contribution is -0.197. The minimum absolute atomic E-state index is 0.00940. The SMILES string of the molecule is COC1OCCCC1C(C)OC(=O)O. The van der Waals surface area contributed by atoms with Gasteiger partial charge in [0.15, 0.2) is 6.29 Å². The molecule has 0 amide bonds. The van der Waals surface area contributed by atoms with E-state index in [4.69, 9.17) is 14.6 Å². The van der Waals surface area contributed by atoms with Gasteiger partial charge in [-0.05, 0) is 19.8 Å². The molecule has 3 atom stereocenters. The number of methoxy groups -OCH3 is 1. The first-order valence-corrected chi connectivity index (χ1v) is 4.69. The van der Waals surface area contributed by atoms with Gasteiger partial charge in [-0.25, -0.2) is 4.79 Å². The van der Waals surface area contributed by atoms with Gasteiger partial charge in [0.05, 0.1) is 0 Å². The molecule has 1 saturated heterocycles. The van der Waals surface area contributed by atoms with Crippen molar-refractivity contribution in [3.8, 4) is 0 Å². The van der Waals surface area contributed by atoms with Crippen LogP contribution in [0.25, 0.3) is 0 Å². The standard InChI is InChI=1S/C9H16O5/c1-6(14-9(10)11)7-4-3-5-13-8(7)12-2/h6-8H,3-5H2,1-2H3,(H,10,11). The molecular weight excluding hydrogens is 188 g/mol. The molecule has 0 radical (unpaired) electrons. The number of carboxylic acid groups (broad SMARTS) is 1. The van der Waals surface area contributed by atoms with Crippen LogP contribution in [-0.2, 0) is 14.2 Å². The van der Waals surface area contributed by atoms with Crippen LogP contribution >= 0.6 is 0 Å². The van der Waals surface area contributed by atoms with E-state index in [0.717, 1.165) is 12.8 Å². The molecular formula is C9H16O5. The van der Waals surface area contributed by atoms with Crippen molar-refractivity contribution in [2.45, 2.75) is 32.2 Å². The largest absolute Gasteiger partial charge is 0.506 e. The highest BCUT2D eigenvalue weighted by atomic mass is 16.7. The van der Waals surface area contributed by atoms with E-state index in [9.17, 15) is 4.79 Å². The van der Waals surface area contributed by atoms with Crippen molar-refractivity contribution < 1.29 is 24.1 Å². The van der Waals surface area contributed by atoms with Gasteiger partial charge in [0.1, 0.15) is 6.10 Å². The third-order valence-corrected chi connectivity index (χ3v) is 2.44. The molecule has 0 aromatic rings. The van der Waals surface area contributed by atoms with Crippen LogP contribution in [0.1, 0.15) is 19.8 Å². The van der Waals surface area contributed by atoms with Gasteiger partial charge in [0.25, 0.3) is 0 Å². The Kier molecular flexibility index (Phi) is 4.16. The van der Waals surface area contributed by atoms with Gasteiger partial charge in [0.2, 0.25) is 0 Å². The van der Waals surface area contributed by atoms with Gasteiger partial charge in [-0.2, -0.15) is 0 Å². The maximum atomic E-state index is 10.3. The first-order chi connectivity index (χ1) is 6.65. The fourth-order valence-electron chi connectivity index (χ4n) is 1.72. The molecule has 1 aliphatic rings. The van der Waals surface area contributed by atoms with Crippen molar-refractivity contribution in [3.63, 3.8) is 0 Å². The Morgan fingerprint density at radius 2 is 2.36 bits per heavy atom. The minimum Gasteiger partial charge on any atom is -0.450 e. The van der Waals surface area contributed by atoms with E-state index in [1.165, 1.54) is 0 Å². The van der Waals surface area contributed by atoms with Crippen LogP contribution < -0.4 is 0 Å². The summed E-state index contributed by atoms with van der Waals surface area (Å²) >= 11 is 0. The molecule has 1 fully saturated rings. The molecule has 0 spiro atoms. The maximum Gasteiger partial charge on any atom is 0.506 e. The molecule has 1 aliphatic heterocycles. The highest BCUT2D eigenvalue weighted by Gasteiger charge is 2.32. The summed E-state index contributed by atoms with van der Waals surface area (Å²) < 4.78 is 15.1.